The van der Waals surface area contributed by atoms with E-state index in [4.69, 9.17) is 0 Å². The Balaban J connectivity index is 1.65. The molecule has 1 N–H and O–H groups in total. The van der Waals surface area contributed by atoms with Crippen LogP contribution in [-0.2, 0) is 10.0 Å². The van der Waals surface area contributed by atoms with Gasteiger partial charge >= 0.3 is 0 Å². The van der Waals surface area contributed by atoms with Gasteiger partial charge in [0.15, 0.2) is 0 Å². The molecule has 0 spiro atoms. The highest BCUT2D eigenvalue weighted by Gasteiger charge is 2.29. The second-order valence-corrected chi connectivity index (χ2v) is 10.2. The van der Waals surface area contributed by atoms with Crippen molar-refractivity contribution in [2.45, 2.75) is 22.3 Å². The topological polar surface area (TPSA) is 66.5 Å². The summed E-state index contributed by atoms with van der Waals surface area (Å²) in [6.07, 6.45) is 0.631. The molecule has 1 heterocycles. The van der Waals surface area contributed by atoms with Gasteiger partial charge in [0, 0.05) is 17.7 Å². The zero-order valence-electron chi connectivity index (χ0n) is 16.8. The van der Waals surface area contributed by atoms with Gasteiger partial charge in [-0.25, -0.2) is 12.8 Å². The standard InChI is InChI=1S/C23H21FN2O3S2/c1-26(16-8-3-2-4-9-16)31(28,29)21-13-6-5-10-18(21)23(27)25-20-14-15-30-22-17(20)11-7-12-19(22)24/h2-13,20H,14-15H2,1H3,(H,25,27). The van der Waals surface area contributed by atoms with Crippen molar-refractivity contribution in [3.05, 3.63) is 89.7 Å². The number of nitrogens with one attached hydrogen (secondary N) is 1. The zero-order valence-corrected chi connectivity index (χ0v) is 18.4. The first-order valence-electron chi connectivity index (χ1n) is 9.74. The highest BCUT2D eigenvalue weighted by Crippen LogP contribution is 2.38. The number of hydrogen-bond donors (Lipinski definition) is 1. The van der Waals surface area contributed by atoms with Crippen LogP contribution in [0.2, 0.25) is 0 Å². The van der Waals surface area contributed by atoms with Crippen molar-refractivity contribution in [1.29, 1.82) is 0 Å². The van der Waals surface area contributed by atoms with Gasteiger partial charge < -0.3 is 5.32 Å². The second kappa shape index (κ2) is 8.72. The summed E-state index contributed by atoms with van der Waals surface area (Å²) in [5.41, 5.74) is 1.26. The first-order chi connectivity index (χ1) is 14.9. The number of sulfonamides is 1. The highest BCUT2D eigenvalue weighted by molar-refractivity contribution is 7.99. The van der Waals surface area contributed by atoms with Crippen molar-refractivity contribution in [3.63, 3.8) is 0 Å². The summed E-state index contributed by atoms with van der Waals surface area (Å²) in [5, 5.41) is 2.91. The van der Waals surface area contributed by atoms with Crippen molar-refractivity contribution >= 4 is 33.4 Å². The van der Waals surface area contributed by atoms with Gasteiger partial charge in [-0.3, -0.25) is 9.10 Å². The van der Waals surface area contributed by atoms with Crippen LogP contribution in [0, 0.1) is 5.82 Å². The third-order valence-corrected chi connectivity index (χ3v) is 8.22. The maximum absolute atomic E-state index is 14.2. The third-order valence-electron chi connectivity index (χ3n) is 5.22. The summed E-state index contributed by atoms with van der Waals surface area (Å²) < 4.78 is 41.9. The Bertz CT molecular complexity index is 1220. The quantitative estimate of drug-likeness (QED) is 0.609. The first kappa shape index (κ1) is 21.4. The monoisotopic (exact) mass is 456 g/mol. The third kappa shape index (κ3) is 4.18. The Morgan fingerprint density at radius 3 is 2.52 bits per heavy atom. The highest BCUT2D eigenvalue weighted by atomic mass is 32.2. The van der Waals surface area contributed by atoms with Crippen LogP contribution in [-0.4, -0.2) is 27.1 Å². The number of anilines is 1. The molecule has 0 radical (unpaired) electrons. The van der Waals surface area contributed by atoms with Gasteiger partial charge in [-0.05, 0) is 42.3 Å². The van der Waals surface area contributed by atoms with Gasteiger partial charge in [0.05, 0.1) is 17.3 Å². The van der Waals surface area contributed by atoms with Crippen molar-refractivity contribution in [3.8, 4) is 0 Å². The largest absolute Gasteiger partial charge is 0.345 e. The predicted molar refractivity (Wildman–Crippen MR) is 120 cm³/mol. The minimum absolute atomic E-state index is 0.0569. The number of fused-ring (bicyclic) bond motifs is 1. The molecule has 0 aromatic heterocycles. The average molecular weight is 457 g/mol. The number of nitrogens with zero attached hydrogens (tertiary/aromatic N) is 1. The van der Waals surface area contributed by atoms with Crippen LogP contribution in [0.15, 0.2) is 82.6 Å². The second-order valence-electron chi connectivity index (χ2n) is 7.13. The number of amides is 1. The molecule has 0 bridgehead atoms. The number of benzene rings is 3. The summed E-state index contributed by atoms with van der Waals surface area (Å²) in [4.78, 5) is 13.6. The summed E-state index contributed by atoms with van der Waals surface area (Å²) in [6.45, 7) is 0. The number of carbonyl (C=O) groups excluding carboxylic acids is 1. The number of halogens is 1. The van der Waals surface area contributed by atoms with Crippen LogP contribution in [0.25, 0.3) is 0 Å². The maximum atomic E-state index is 14.2. The molecule has 31 heavy (non-hydrogen) atoms. The fourth-order valence-corrected chi connectivity index (χ4v) is 6.10. The van der Waals surface area contributed by atoms with E-state index in [1.54, 1.807) is 54.6 Å². The molecule has 1 aliphatic heterocycles. The Morgan fingerprint density at radius 1 is 1.03 bits per heavy atom. The number of thioether (sulfide) groups is 1. The van der Waals surface area contributed by atoms with Crippen LogP contribution in [0.1, 0.15) is 28.4 Å². The molecular formula is C23H21FN2O3S2. The minimum atomic E-state index is -3.97. The zero-order chi connectivity index (χ0) is 22.0. The van der Waals surface area contributed by atoms with Crippen LogP contribution < -0.4 is 9.62 Å². The van der Waals surface area contributed by atoms with Gasteiger partial charge in [-0.1, -0.05) is 42.5 Å². The molecule has 1 unspecified atom stereocenters. The van der Waals surface area contributed by atoms with E-state index in [-0.39, 0.29) is 22.3 Å². The molecule has 3 aromatic carbocycles. The lowest BCUT2D eigenvalue weighted by molar-refractivity contribution is 0.0931. The lowest BCUT2D eigenvalue weighted by Crippen LogP contribution is -2.33. The van der Waals surface area contributed by atoms with Gasteiger partial charge in [0.2, 0.25) is 0 Å². The number of carbonyl (C=O) groups is 1. The average Bonchev–Trinajstić information content (AvgIpc) is 2.80. The van der Waals surface area contributed by atoms with E-state index in [0.29, 0.717) is 28.3 Å². The van der Waals surface area contributed by atoms with Gasteiger partial charge in [-0.2, -0.15) is 0 Å². The Hall–Kier alpha value is -2.84. The molecule has 0 saturated carbocycles. The molecule has 0 aliphatic carbocycles. The molecule has 3 aromatic rings. The molecule has 1 amide bonds. The summed E-state index contributed by atoms with van der Waals surface area (Å²) >= 11 is 1.42. The maximum Gasteiger partial charge on any atom is 0.264 e. The van der Waals surface area contributed by atoms with E-state index in [1.165, 1.54) is 37.0 Å². The van der Waals surface area contributed by atoms with Crippen molar-refractivity contribution in [1.82, 2.24) is 5.32 Å². The predicted octanol–water partition coefficient (Wildman–Crippen LogP) is 4.62. The van der Waals surface area contributed by atoms with Crippen molar-refractivity contribution in [2.24, 2.45) is 0 Å². The fourth-order valence-electron chi connectivity index (χ4n) is 3.58. The molecule has 1 atom stereocenters. The van der Waals surface area contributed by atoms with E-state index in [2.05, 4.69) is 5.32 Å². The molecule has 160 valence electrons. The van der Waals surface area contributed by atoms with Crippen molar-refractivity contribution in [2.75, 3.05) is 17.1 Å². The molecular weight excluding hydrogens is 435 g/mol. The van der Waals surface area contributed by atoms with E-state index in [0.717, 1.165) is 4.31 Å². The minimum Gasteiger partial charge on any atom is -0.345 e. The van der Waals surface area contributed by atoms with Crippen molar-refractivity contribution < 1.29 is 17.6 Å². The summed E-state index contributed by atoms with van der Waals surface area (Å²) in [5.74, 6) is -0.156. The van der Waals surface area contributed by atoms with Crippen LogP contribution >= 0.6 is 11.8 Å². The molecule has 8 heteroatoms. The van der Waals surface area contributed by atoms with E-state index < -0.39 is 15.9 Å². The number of para-hydroxylation sites is 1. The lowest BCUT2D eigenvalue weighted by Gasteiger charge is -2.27. The Labute approximate surface area is 185 Å². The summed E-state index contributed by atoms with van der Waals surface area (Å²) in [7, 11) is -2.51. The molecule has 0 fully saturated rings. The van der Waals surface area contributed by atoms with Gasteiger partial charge in [-0.15, -0.1) is 11.8 Å². The van der Waals surface area contributed by atoms with E-state index >= 15 is 0 Å². The Kier molecular flexibility index (Phi) is 6.02. The van der Waals surface area contributed by atoms with E-state index in [1.807, 2.05) is 0 Å². The van der Waals surface area contributed by atoms with Crippen LogP contribution in [0.5, 0.6) is 0 Å². The Morgan fingerprint density at radius 2 is 1.74 bits per heavy atom. The SMILES string of the molecule is CN(c1ccccc1)S(=O)(=O)c1ccccc1C(=O)NC1CCSc2c(F)cccc21. The van der Waals surface area contributed by atoms with Gasteiger partial charge in [0.25, 0.3) is 15.9 Å². The van der Waals surface area contributed by atoms with E-state index in [9.17, 15) is 17.6 Å². The van der Waals surface area contributed by atoms with Crippen LogP contribution in [0.3, 0.4) is 0 Å². The number of hydrogen-bond acceptors (Lipinski definition) is 4. The van der Waals surface area contributed by atoms with Gasteiger partial charge in [0.1, 0.15) is 10.7 Å². The smallest absolute Gasteiger partial charge is 0.264 e. The molecule has 1 aliphatic rings. The molecule has 5 nitrogen and oxygen atoms in total. The molecule has 4 rings (SSSR count). The lowest BCUT2D eigenvalue weighted by atomic mass is 10.0. The fraction of sp³-hybridized carbons (Fsp3) is 0.174. The normalized spacial score (nSPS) is 15.7. The van der Waals surface area contributed by atoms with Crippen LogP contribution in [0.4, 0.5) is 10.1 Å². The molecule has 0 saturated heterocycles. The summed E-state index contributed by atoms with van der Waals surface area (Å²) in [6, 6.07) is 19.2. The number of rotatable bonds is 5. The first-order valence-corrected chi connectivity index (χ1v) is 12.2.